The number of nitrogens with one attached hydrogen (secondary N) is 2. The molecule has 9 heteroatoms. The Labute approximate surface area is 194 Å². The van der Waals surface area contributed by atoms with Gasteiger partial charge in [-0.15, -0.1) is 11.3 Å². The first kappa shape index (κ1) is 19.4. The molecular weight excluding hydrogens is 434 g/mol. The number of nitrogens with zero attached hydrogens (tertiary/aromatic N) is 4. The maximum atomic E-state index is 13.2. The highest BCUT2D eigenvalue weighted by Crippen LogP contribution is 2.54. The molecule has 4 heterocycles. The minimum absolute atomic E-state index is 0.0693. The van der Waals surface area contributed by atoms with Gasteiger partial charge in [0.05, 0.1) is 11.1 Å². The van der Waals surface area contributed by atoms with Crippen LogP contribution in [0.25, 0.3) is 11.0 Å². The third kappa shape index (κ3) is 2.72. The summed E-state index contributed by atoms with van der Waals surface area (Å²) < 4.78 is 0. The van der Waals surface area contributed by atoms with Crippen molar-refractivity contribution in [3.05, 3.63) is 68.0 Å². The van der Waals surface area contributed by atoms with Crippen LogP contribution >= 0.6 is 11.3 Å². The van der Waals surface area contributed by atoms with Crippen molar-refractivity contribution < 1.29 is 0 Å². The Hall–Kier alpha value is -3.04. The third-order valence-electron chi connectivity index (χ3n) is 8.13. The Morgan fingerprint density at radius 3 is 2.70 bits per heavy atom. The fourth-order valence-corrected chi connectivity index (χ4v) is 6.95. The molecule has 0 bridgehead atoms. The molecule has 8 nitrogen and oxygen atoms in total. The fraction of sp³-hybridized carbons (Fsp3) is 0.417. The molecule has 168 valence electrons. The first-order valence-corrected chi connectivity index (χ1v) is 12.4. The van der Waals surface area contributed by atoms with E-state index in [1.807, 2.05) is 11.6 Å². The molecule has 1 saturated heterocycles. The molecular formula is C24H25N7OS. The largest absolute Gasteiger partial charge is 0.342 e. The van der Waals surface area contributed by atoms with Crippen molar-refractivity contribution in [3.63, 3.8) is 0 Å². The molecule has 3 aliphatic rings. The summed E-state index contributed by atoms with van der Waals surface area (Å²) in [5, 5.41) is 11.1. The highest BCUT2D eigenvalue weighted by Gasteiger charge is 2.51. The minimum atomic E-state index is -0.218. The molecule has 1 saturated carbocycles. The number of aromatic amines is 2. The van der Waals surface area contributed by atoms with Gasteiger partial charge in [0.15, 0.2) is 5.65 Å². The Bertz CT molecular complexity index is 1410. The van der Waals surface area contributed by atoms with Crippen LogP contribution in [0.2, 0.25) is 0 Å². The van der Waals surface area contributed by atoms with E-state index < -0.39 is 0 Å². The van der Waals surface area contributed by atoms with Crippen LogP contribution in [0.1, 0.15) is 53.6 Å². The van der Waals surface area contributed by atoms with E-state index in [0.717, 1.165) is 55.9 Å². The highest BCUT2D eigenvalue weighted by molar-refractivity contribution is 7.09. The Kier molecular flexibility index (Phi) is 3.97. The standard InChI is InChI=1S/C24H25N7OS/c25-17-15-4-2-1-3-14(15)13-23(17)7-10-31(11-8-23)22-27-19-16(20(32)28-22)18(29-30-19)24(5-6-24)21-26-9-12-33-21/h1-4,9,12,17H,5-8,10-11,13,25H2,(H2,27,28,29,30,32)/t17-/m1/s1. The number of benzene rings is 1. The molecule has 0 unspecified atom stereocenters. The topological polar surface area (TPSA) is 117 Å². The van der Waals surface area contributed by atoms with Crippen molar-refractivity contribution in [3.8, 4) is 0 Å². The van der Waals surface area contributed by atoms with Crippen molar-refractivity contribution in [2.24, 2.45) is 11.1 Å². The van der Waals surface area contributed by atoms with E-state index in [9.17, 15) is 4.79 Å². The number of anilines is 1. The second-order valence-corrected chi connectivity index (χ2v) is 10.7. The lowest BCUT2D eigenvalue weighted by Crippen LogP contribution is -2.45. The average molecular weight is 460 g/mol. The van der Waals surface area contributed by atoms with E-state index in [1.54, 1.807) is 11.3 Å². The predicted octanol–water partition coefficient (Wildman–Crippen LogP) is 3.03. The molecule has 0 amide bonds. The summed E-state index contributed by atoms with van der Waals surface area (Å²) in [4.78, 5) is 27.7. The van der Waals surface area contributed by atoms with Gasteiger partial charge < -0.3 is 10.6 Å². The monoisotopic (exact) mass is 459 g/mol. The van der Waals surface area contributed by atoms with Crippen molar-refractivity contribution >= 4 is 28.3 Å². The lowest BCUT2D eigenvalue weighted by atomic mass is 9.73. The summed E-state index contributed by atoms with van der Waals surface area (Å²) in [5.41, 5.74) is 10.5. The zero-order valence-corrected chi connectivity index (χ0v) is 19.0. The normalized spacial score (nSPS) is 22.7. The Morgan fingerprint density at radius 2 is 1.97 bits per heavy atom. The Morgan fingerprint density at radius 1 is 1.15 bits per heavy atom. The zero-order valence-electron chi connectivity index (χ0n) is 18.2. The molecule has 33 heavy (non-hydrogen) atoms. The number of nitrogens with two attached hydrogens (primary N) is 1. The van der Waals surface area contributed by atoms with Crippen molar-refractivity contribution in [2.75, 3.05) is 18.0 Å². The molecule has 4 aromatic rings. The van der Waals surface area contributed by atoms with Crippen LogP contribution in [-0.2, 0) is 11.8 Å². The predicted molar refractivity (Wildman–Crippen MR) is 128 cm³/mol. The zero-order chi connectivity index (χ0) is 22.2. The van der Waals surface area contributed by atoms with Gasteiger partial charge in [-0.3, -0.25) is 14.9 Å². The molecule has 2 fully saturated rings. The van der Waals surface area contributed by atoms with E-state index in [1.165, 1.54) is 11.1 Å². The van der Waals surface area contributed by atoms with Crippen LogP contribution in [0.4, 0.5) is 5.95 Å². The highest BCUT2D eigenvalue weighted by atomic mass is 32.1. The van der Waals surface area contributed by atoms with Crippen molar-refractivity contribution in [2.45, 2.75) is 43.6 Å². The summed E-state index contributed by atoms with van der Waals surface area (Å²) in [6.07, 6.45) is 6.73. The second-order valence-electron chi connectivity index (χ2n) is 9.81. The summed E-state index contributed by atoms with van der Waals surface area (Å²) in [5.74, 6) is 0.601. The van der Waals surface area contributed by atoms with Gasteiger partial charge >= 0.3 is 0 Å². The first-order valence-electron chi connectivity index (χ1n) is 11.6. The number of hydrogen-bond acceptors (Lipinski definition) is 7. The second kappa shape index (κ2) is 6.74. The van der Waals surface area contributed by atoms with Crippen molar-refractivity contribution in [1.29, 1.82) is 0 Å². The Balaban J connectivity index is 1.17. The van der Waals surface area contributed by atoms with Crippen LogP contribution < -0.4 is 16.2 Å². The van der Waals surface area contributed by atoms with Gasteiger partial charge in [-0.25, -0.2) is 4.98 Å². The number of H-pyrrole nitrogens is 2. The number of piperidine rings is 1. The van der Waals surface area contributed by atoms with Crippen molar-refractivity contribution in [1.82, 2.24) is 25.1 Å². The third-order valence-corrected chi connectivity index (χ3v) is 9.11. The lowest BCUT2D eigenvalue weighted by Gasteiger charge is -2.42. The van der Waals surface area contributed by atoms with Gasteiger partial charge in [-0.2, -0.15) is 10.1 Å². The van der Waals surface area contributed by atoms with Crippen LogP contribution in [-0.4, -0.2) is 38.2 Å². The molecule has 1 spiro atoms. The van der Waals surface area contributed by atoms with Gasteiger partial charge in [-0.1, -0.05) is 24.3 Å². The van der Waals surface area contributed by atoms with Crippen LogP contribution in [0.15, 0.2) is 40.6 Å². The number of fused-ring (bicyclic) bond motifs is 2. The lowest BCUT2D eigenvalue weighted by molar-refractivity contribution is 0.187. The van der Waals surface area contributed by atoms with Gasteiger partial charge in [0.25, 0.3) is 5.56 Å². The van der Waals surface area contributed by atoms with Gasteiger partial charge in [-0.05, 0) is 48.6 Å². The summed E-state index contributed by atoms with van der Waals surface area (Å²) in [6.45, 7) is 1.63. The maximum absolute atomic E-state index is 13.2. The molecule has 0 radical (unpaired) electrons. The smallest absolute Gasteiger partial charge is 0.263 e. The molecule has 1 aromatic carbocycles. The number of aromatic nitrogens is 5. The maximum Gasteiger partial charge on any atom is 0.263 e. The van der Waals surface area contributed by atoms with E-state index >= 15 is 0 Å². The number of thiazole rings is 1. The van der Waals surface area contributed by atoms with Gasteiger partial charge in [0.1, 0.15) is 10.4 Å². The van der Waals surface area contributed by atoms with Gasteiger partial charge in [0, 0.05) is 30.7 Å². The first-order chi connectivity index (χ1) is 16.1. The van der Waals surface area contributed by atoms with E-state index in [4.69, 9.17) is 10.7 Å². The molecule has 3 aromatic heterocycles. The van der Waals surface area contributed by atoms with E-state index in [-0.39, 0.29) is 22.4 Å². The van der Waals surface area contributed by atoms with Crippen LogP contribution in [0, 0.1) is 5.41 Å². The molecule has 7 rings (SSSR count). The SMILES string of the molecule is N[C@@H]1c2ccccc2CC12CCN(c1nc3n[nH]c(C4(c5nccs5)CC4)c3c(=O)[nH]1)CC2. The fourth-order valence-electron chi connectivity index (χ4n) is 6.04. The molecule has 1 atom stereocenters. The average Bonchev–Trinajstić information content (AvgIpc) is 3.17. The summed E-state index contributed by atoms with van der Waals surface area (Å²) >= 11 is 1.63. The molecule has 2 aliphatic carbocycles. The minimum Gasteiger partial charge on any atom is -0.342 e. The number of hydrogen-bond donors (Lipinski definition) is 3. The van der Waals surface area contributed by atoms with Crippen LogP contribution in [0.5, 0.6) is 0 Å². The summed E-state index contributed by atoms with van der Waals surface area (Å²) in [6, 6.07) is 8.62. The van der Waals surface area contributed by atoms with E-state index in [2.05, 4.69) is 49.3 Å². The van der Waals surface area contributed by atoms with Crippen LogP contribution in [0.3, 0.4) is 0 Å². The quantitative estimate of drug-likeness (QED) is 0.434. The molecule has 4 N–H and O–H groups in total. The molecule has 1 aliphatic heterocycles. The van der Waals surface area contributed by atoms with E-state index in [0.29, 0.717) is 17.0 Å². The number of rotatable bonds is 3. The van der Waals surface area contributed by atoms with Gasteiger partial charge in [0.2, 0.25) is 5.95 Å². The summed E-state index contributed by atoms with van der Waals surface area (Å²) in [7, 11) is 0.